The summed E-state index contributed by atoms with van der Waals surface area (Å²) in [5.74, 6) is -0.428. The van der Waals surface area contributed by atoms with E-state index >= 15 is 0 Å². The Morgan fingerprint density at radius 1 is 1.22 bits per heavy atom. The van der Waals surface area contributed by atoms with E-state index < -0.39 is 5.97 Å². The van der Waals surface area contributed by atoms with Crippen molar-refractivity contribution < 1.29 is 9.53 Å². The van der Waals surface area contributed by atoms with Crippen LogP contribution in [-0.2, 0) is 22.7 Å². The van der Waals surface area contributed by atoms with Crippen LogP contribution in [0, 0.1) is 0 Å². The molecule has 0 aliphatic carbocycles. The number of carbonyl (C=O) groups is 1. The molecule has 0 saturated heterocycles. The lowest BCUT2D eigenvalue weighted by atomic mass is 10.2. The molecule has 0 bridgehead atoms. The molecule has 0 unspecified atom stereocenters. The zero-order valence-electron chi connectivity index (χ0n) is 14.8. The van der Waals surface area contributed by atoms with Gasteiger partial charge in [-0.1, -0.05) is 59.3 Å². The minimum atomic E-state index is -0.428. The summed E-state index contributed by atoms with van der Waals surface area (Å²) in [4.78, 5) is 11.9. The molecule has 3 rings (SSSR count). The molecular formula is C21H20ClN3O2. The van der Waals surface area contributed by atoms with Gasteiger partial charge < -0.3 is 4.74 Å². The lowest BCUT2D eigenvalue weighted by Crippen LogP contribution is -2.00. The lowest BCUT2D eigenvalue weighted by molar-refractivity contribution is -0.138. The Balaban J connectivity index is 1.67. The predicted octanol–water partition coefficient (Wildman–Crippen LogP) is 4.81. The van der Waals surface area contributed by atoms with E-state index in [1.54, 1.807) is 6.08 Å². The highest BCUT2D eigenvalue weighted by Crippen LogP contribution is 2.26. The standard InChI is InChI=1S/C21H20ClN3O2/c1-2-3-7-14-25-18-12-10-17(20(22)21(18)23-24-25)11-13-19(26)27-15-16-8-5-4-6-9-16/h2,4-6,8-13H,1,3,7,14-15H2/b13-11+. The molecule has 1 heterocycles. The van der Waals surface area contributed by atoms with E-state index in [2.05, 4.69) is 16.9 Å². The number of nitrogens with zero attached hydrogens (tertiary/aromatic N) is 3. The van der Waals surface area contributed by atoms with E-state index in [-0.39, 0.29) is 6.61 Å². The number of carbonyl (C=O) groups excluding carboxylic acids is 1. The highest BCUT2D eigenvalue weighted by molar-refractivity contribution is 6.36. The van der Waals surface area contributed by atoms with Crippen molar-refractivity contribution in [2.75, 3.05) is 0 Å². The number of rotatable bonds is 8. The van der Waals surface area contributed by atoms with Crippen LogP contribution in [0.2, 0.25) is 5.02 Å². The fourth-order valence-corrected chi connectivity index (χ4v) is 2.89. The maximum absolute atomic E-state index is 11.9. The van der Waals surface area contributed by atoms with Crippen molar-refractivity contribution in [2.24, 2.45) is 0 Å². The van der Waals surface area contributed by atoms with Gasteiger partial charge in [0, 0.05) is 12.6 Å². The first-order valence-corrected chi connectivity index (χ1v) is 9.08. The minimum Gasteiger partial charge on any atom is -0.458 e. The van der Waals surface area contributed by atoms with Gasteiger partial charge in [-0.25, -0.2) is 9.48 Å². The molecule has 2 aromatic carbocycles. The Hall–Kier alpha value is -2.92. The first-order valence-electron chi connectivity index (χ1n) is 8.70. The van der Waals surface area contributed by atoms with Crippen LogP contribution < -0.4 is 0 Å². The molecule has 0 amide bonds. The molecule has 27 heavy (non-hydrogen) atoms. The smallest absolute Gasteiger partial charge is 0.331 e. The van der Waals surface area contributed by atoms with E-state index in [0.717, 1.165) is 30.5 Å². The Labute approximate surface area is 162 Å². The SMILES string of the molecule is C=CCCCn1nnc2c(Cl)c(/C=C/C(=O)OCc3ccccc3)ccc21. The van der Waals surface area contributed by atoms with Crippen LogP contribution in [0.1, 0.15) is 24.0 Å². The van der Waals surface area contributed by atoms with Crippen molar-refractivity contribution in [3.8, 4) is 0 Å². The third-order valence-electron chi connectivity index (χ3n) is 4.06. The molecule has 0 aliphatic rings. The largest absolute Gasteiger partial charge is 0.458 e. The van der Waals surface area contributed by atoms with E-state index in [1.807, 2.05) is 53.2 Å². The summed E-state index contributed by atoms with van der Waals surface area (Å²) in [5.41, 5.74) is 3.12. The molecule has 0 N–H and O–H groups in total. The van der Waals surface area contributed by atoms with Crippen LogP contribution in [0.5, 0.6) is 0 Å². The van der Waals surface area contributed by atoms with Crippen LogP contribution >= 0.6 is 11.6 Å². The number of aromatic nitrogens is 3. The number of aryl methyl sites for hydroxylation is 1. The summed E-state index contributed by atoms with van der Waals surface area (Å²) in [7, 11) is 0. The Morgan fingerprint density at radius 2 is 2.04 bits per heavy atom. The van der Waals surface area contributed by atoms with Crippen molar-refractivity contribution in [2.45, 2.75) is 26.0 Å². The number of allylic oxidation sites excluding steroid dienone is 1. The van der Waals surface area contributed by atoms with Crippen molar-refractivity contribution in [3.63, 3.8) is 0 Å². The van der Waals surface area contributed by atoms with Crippen LogP contribution in [0.4, 0.5) is 0 Å². The summed E-state index contributed by atoms with van der Waals surface area (Å²) in [6.45, 7) is 4.70. The number of fused-ring (bicyclic) bond motifs is 1. The van der Waals surface area contributed by atoms with Crippen molar-refractivity contribution >= 4 is 34.7 Å². The summed E-state index contributed by atoms with van der Waals surface area (Å²) >= 11 is 6.44. The average molecular weight is 382 g/mol. The maximum Gasteiger partial charge on any atom is 0.331 e. The number of hydrogen-bond donors (Lipinski definition) is 0. The van der Waals surface area contributed by atoms with Gasteiger partial charge in [-0.2, -0.15) is 0 Å². The highest BCUT2D eigenvalue weighted by Gasteiger charge is 2.11. The average Bonchev–Trinajstić information content (AvgIpc) is 3.11. The zero-order chi connectivity index (χ0) is 19.1. The van der Waals surface area contributed by atoms with Crippen molar-refractivity contribution in [1.82, 2.24) is 15.0 Å². The fraction of sp³-hybridized carbons (Fsp3) is 0.190. The molecule has 138 valence electrons. The van der Waals surface area contributed by atoms with Crippen molar-refractivity contribution in [3.05, 3.63) is 77.3 Å². The van der Waals surface area contributed by atoms with Crippen molar-refractivity contribution in [1.29, 1.82) is 0 Å². The number of halogens is 1. The van der Waals surface area contributed by atoms with E-state index in [9.17, 15) is 4.79 Å². The van der Waals surface area contributed by atoms with Gasteiger partial charge >= 0.3 is 5.97 Å². The van der Waals surface area contributed by atoms with Crippen LogP contribution in [0.3, 0.4) is 0 Å². The van der Waals surface area contributed by atoms with Gasteiger partial charge in [0.15, 0.2) is 0 Å². The summed E-state index contributed by atoms with van der Waals surface area (Å²) in [6.07, 6.45) is 6.73. The number of ether oxygens (including phenoxy) is 1. The number of unbranched alkanes of at least 4 members (excludes halogenated alkanes) is 1. The normalized spacial score (nSPS) is 11.1. The maximum atomic E-state index is 11.9. The molecule has 0 atom stereocenters. The molecule has 5 nitrogen and oxygen atoms in total. The van der Waals surface area contributed by atoms with Crippen LogP contribution in [0.15, 0.2) is 61.2 Å². The van der Waals surface area contributed by atoms with Crippen LogP contribution in [-0.4, -0.2) is 21.0 Å². The molecule has 1 aromatic heterocycles. The number of hydrogen-bond acceptors (Lipinski definition) is 4. The third-order valence-corrected chi connectivity index (χ3v) is 4.45. The molecule has 3 aromatic rings. The molecule has 0 spiro atoms. The Kier molecular flexibility index (Phi) is 6.39. The summed E-state index contributed by atoms with van der Waals surface area (Å²) in [5, 5.41) is 8.79. The Morgan fingerprint density at radius 3 is 2.81 bits per heavy atom. The first-order chi connectivity index (χ1) is 13.2. The predicted molar refractivity (Wildman–Crippen MR) is 107 cm³/mol. The third kappa shape index (κ3) is 4.83. The number of esters is 1. The lowest BCUT2D eigenvalue weighted by Gasteiger charge is -2.03. The molecule has 0 aliphatic heterocycles. The monoisotopic (exact) mass is 381 g/mol. The summed E-state index contributed by atoms with van der Waals surface area (Å²) in [6, 6.07) is 13.3. The molecule has 0 radical (unpaired) electrons. The Bertz CT molecular complexity index is 964. The minimum absolute atomic E-state index is 0.232. The van der Waals surface area contributed by atoms with E-state index in [4.69, 9.17) is 16.3 Å². The highest BCUT2D eigenvalue weighted by atomic mass is 35.5. The summed E-state index contributed by atoms with van der Waals surface area (Å²) < 4.78 is 7.05. The van der Waals surface area contributed by atoms with Gasteiger partial charge in [0.2, 0.25) is 0 Å². The van der Waals surface area contributed by atoms with Gasteiger partial charge in [0.05, 0.1) is 10.5 Å². The van der Waals surface area contributed by atoms with Gasteiger partial charge in [0.1, 0.15) is 12.1 Å². The van der Waals surface area contributed by atoms with Gasteiger partial charge in [0.25, 0.3) is 0 Å². The zero-order valence-corrected chi connectivity index (χ0v) is 15.6. The molecular weight excluding hydrogens is 362 g/mol. The van der Waals surface area contributed by atoms with E-state index in [0.29, 0.717) is 16.1 Å². The van der Waals surface area contributed by atoms with Crippen LogP contribution in [0.25, 0.3) is 17.1 Å². The molecule has 0 saturated carbocycles. The second kappa shape index (κ2) is 9.14. The van der Waals surface area contributed by atoms with E-state index in [1.165, 1.54) is 6.08 Å². The quantitative estimate of drug-likeness (QED) is 0.243. The topological polar surface area (TPSA) is 57.0 Å². The second-order valence-corrected chi connectivity index (χ2v) is 6.38. The molecule has 6 heteroatoms. The fourth-order valence-electron chi connectivity index (χ4n) is 2.63. The first kappa shape index (κ1) is 18.9. The number of benzene rings is 2. The van der Waals surface area contributed by atoms with Gasteiger partial charge in [-0.05, 0) is 36.1 Å². The second-order valence-electron chi connectivity index (χ2n) is 6.01. The molecule has 0 fully saturated rings. The van der Waals surface area contributed by atoms with Gasteiger partial charge in [-0.15, -0.1) is 11.7 Å². The van der Waals surface area contributed by atoms with Gasteiger partial charge in [-0.3, -0.25) is 0 Å².